The van der Waals surface area contributed by atoms with Crippen LogP contribution in [0.2, 0.25) is 0 Å². The smallest absolute Gasteiger partial charge is 0.345 e. The number of hydrogen-bond donors (Lipinski definition) is 1. The number of nitro groups is 1. The highest BCUT2D eigenvalue weighted by Crippen LogP contribution is 2.29. The van der Waals surface area contributed by atoms with Gasteiger partial charge in [-0.3, -0.25) is 10.1 Å². The maximum Gasteiger partial charge on any atom is 0.345 e. The van der Waals surface area contributed by atoms with E-state index in [1.807, 2.05) is 6.92 Å². The van der Waals surface area contributed by atoms with E-state index in [0.717, 1.165) is 6.42 Å². The molecule has 2 N–H and O–H groups in total. The molecule has 0 unspecified atom stereocenters. The molecule has 0 saturated carbocycles. The predicted molar refractivity (Wildman–Crippen MR) is 51.3 cm³/mol. The van der Waals surface area contributed by atoms with E-state index in [1.54, 1.807) is 0 Å². The molecule has 0 aliphatic heterocycles. The third kappa shape index (κ3) is 1.80. The molecule has 1 aromatic rings. The molecule has 72 valence electrons. The summed E-state index contributed by atoms with van der Waals surface area (Å²) in [5, 5.41) is 14.4. The molecule has 0 fully saturated rings. The maximum atomic E-state index is 10.5. The molecule has 0 radical (unpaired) electrons. The first-order valence-electron chi connectivity index (χ1n) is 3.74. The molecule has 0 atom stereocenters. The van der Waals surface area contributed by atoms with Gasteiger partial charge in [0, 0.05) is 6.54 Å². The van der Waals surface area contributed by atoms with Crippen molar-refractivity contribution in [3.8, 4) is 0 Å². The normalized spacial score (nSPS) is 10.3. The molecule has 13 heavy (non-hydrogen) atoms. The fourth-order valence-corrected chi connectivity index (χ4v) is 1.53. The SMILES string of the molecule is CCCn1nc(Br)c([N+](=O)[O-])c1N. The van der Waals surface area contributed by atoms with Crippen LogP contribution in [-0.2, 0) is 6.54 Å². The molecule has 1 heterocycles. The molecule has 1 aromatic heterocycles. The fourth-order valence-electron chi connectivity index (χ4n) is 0.986. The summed E-state index contributed by atoms with van der Waals surface area (Å²) in [6.45, 7) is 2.53. The van der Waals surface area contributed by atoms with Gasteiger partial charge in [0.2, 0.25) is 10.4 Å². The van der Waals surface area contributed by atoms with Crippen molar-refractivity contribution in [1.29, 1.82) is 0 Å². The first-order chi connectivity index (χ1) is 6.07. The lowest BCUT2D eigenvalue weighted by molar-refractivity contribution is -0.384. The lowest BCUT2D eigenvalue weighted by Crippen LogP contribution is -2.04. The van der Waals surface area contributed by atoms with Crippen LogP contribution in [0.3, 0.4) is 0 Å². The Balaban J connectivity index is 3.14. The van der Waals surface area contributed by atoms with Crippen molar-refractivity contribution in [2.75, 3.05) is 5.73 Å². The molecule has 0 aliphatic rings. The van der Waals surface area contributed by atoms with Crippen molar-refractivity contribution in [3.05, 3.63) is 14.7 Å². The first kappa shape index (κ1) is 9.97. The van der Waals surface area contributed by atoms with Crippen molar-refractivity contribution in [1.82, 2.24) is 9.78 Å². The molecule has 6 nitrogen and oxygen atoms in total. The lowest BCUT2D eigenvalue weighted by atomic mass is 10.5. The minimum atomic E-state index is -0.543. The molecular weight excluding hydrogens is 240 g/mol. The van der Waals surface area contributed by atoms with Crippen molar-refractivity contribution in [3.63, 3.8) is 0 Å². The Kier molecular flexibility index (Phi) is 2.86. The average molecular weight is 249 g/mol. The Hall–Kier alpha value is -1.11. The van der Waals surface area contributed by atoms with Gasteiger partial charge in [0.25, 0.3) is 0 Å². The van der Waals surface area contributed by atoms with Gasteiger partial charge >= 0.3 is 5.69 Å². The number of nitrogens with zero attached hydrogens (tertiary/aromatic N) is 3. The second-order valence-electron chi connectivity index (χ2n) is 2.50. The summed E-state index contributed by atoms with van der Waals surface area (Å²) in [5.41, 5.74) is 5.36. The standard InChI is InChI=1S/C6H9BrN4O2/c1-2-3-10-6(8)4(11(12)13)5(7)9-10/h2-3,8H2,1H3. The van der Waals surface area contributed by atoms with E-state index in [-0.39, 0.29) is 16.1 Å². The second kappa shape index (κ2) is 3.73. The van der Waals surface area contributed by atoms with E-state index in [1.165, 1.54) is 4.68 Å². The Labute approximate surface area is 83.0 Å². The molecule has 0 aliphatic carbocycles. The highest BCUT2D eigenvalue weighted by atomic mass is 79.9. The van der Waals surface area contributed by atoms with E-state index < -0.39 is 4.92 Å². The molecule has 0 aromatic carbocycles. The third-order valence-corrected chi connectivity index (χ3v) is 2.08. The quantitative estimate of drug-likeness (QED) is 0.650. The molecule has 1 rings (SSSR count). The maximum absolute atomic E-state index is 10.5. The van der Waals surface area contributed by atoms with Gasteiger partial charge in [-0.25, -0.2) is 4.68 Å². The summed E-state index contributed by atoms with van der Waals surface area (Å²) < 4.78 is 1.60. The Morgan fingerprint density at radius 3 is 2.77 bits per heavy atom. The van der Waals surface area contributed by atoms with E-state index in [9.17, 15) is 10.1 Å². The highest BCUT2D eigenvalue weighted by molar-refractivity contribution is 9.10. The van der Waals surface area contributed by atoms with Crippen molar-refractivity contribution >= 4 is 27.4 Å². The number of anilines is 1. The van der Waals surface area contributed by atoms with Gasteiger partial charge in [-0.15, -0.1) is 0 Å². The van der Waals surface area contributed by atoms with E-state index >= 15 is 0 Å². The van der Waals surface area contributed by atoms with Crippen LogP contribution in [0.1, 0.15) is 13.3 Å². The van der Waals surface area contributed by atoms with Gasteiger partial charge in [0.1, 0.15) is 0 Å². The molecule has 7 heteroatoms. The number of rotatable bonds is 3. The van der Waals surface area contributed by atoms with E-state index in [2.05, 4.69) is 21.0 Å². The second-order valence-corrected chi connectivity index (χ2v) is 3.26. The Morgan fingerprint density at radius 1 is 1.77 bits per heavy atom. The van der Waals surface area contributed by atoms with E-state index in [4.69, 9.17) is 5.73 Å². The third-order valence-electron chi connectivity index (χ3n) is 1.54. The van der Waals surface area contributed by atoms with Crippen molar-refractivity contribution in [2.24, 2.45) is 0 Å². The van der Waals surface area contributed by atoms with Crippen LogP contribution in [-0.4, -0.2) is 14.7 Å². The average Bonchev–Trinajstić information content (AvgIpc) is 2.28. The summed E-state index contributed by atoms with van der Waals surface area (Å²) >= 11 is 2.98. The fraction of sp³-hybridized carbons (Fsp3) is 0.500. The topological polar surface area (TPSA) is 87.0 Å². The van der Waals surface area contributed by atoms with Gasteiger partial charge in [0.05, 0.1) is 4.92 Å². The molecule has 0 saturated heterocycles. The van der Waals surface area contributed by atoms with Crippen LogP contribution in [0.15, 0.2) is 4.60 Å². The number of halogens is 1. The molecule has 0 bridgehead atoms. The highest BCUT2D eigenvalue weighted by Gasteiger charge is 2.23. The minimum absolute atomic E-state index is 0.0960. The summed E-state index contributed by atoms with van der Waals surface area (Å²) in [4.78, 5) is 9.96. The number of hydrogen-bond acceptors (Lipinski definition) is 4. The summed E-state index contributed by atoms with van der Waals surface area (Å²) in [6, 6.07) is 0. The summed E-state index contributed by atoms with van der Waals surface area (Å²) in [7, 11) is 0. The molecule has 0 spiro atoms. The van der Waals surface area contributed by atoms with Crippen LogP contribution in [0.25, 0.3) is 0 Å². The minimum Gasteiger partial charge on any atom is -0.378 e. The summed E-state index contributed by atoms with van der Waals surface area (Å²) in [5.74, 6) is 0.0960. The first-order valence-corrected chi connectivity index (χ1v) is 4.53. The molecule has 0 amide bonds. The van der Waals surface area contributed by atoms with Crippen LogP contribution < -0.4 is 5.73 Å². The zero-order valence-corrected chi connectivity index (χ0v) is 8.61. The van der Waals surface area contributed by atoms with Gasteiger partial charge < -0.3 is 5.73 Å². The molecular formula is C6H9BrN4O2. The van der Waals surface area contributed by atoms with Crippen LogP contribution >= 0.6 is 15.9 Å². The number of nitrogen functional groups attached to an aromatic ring is 1. The largest absolute Gasteiger partial charge is 0.378 e. The van der Waals surface area contributed by atoms with Crippen LogP contribution in [0.4, 0.5) is 11.5 Å². The Morgan fingerprint density at radius 2 is 2.38 bits per heavy atom. The monoisotopic (exact) mass is 248 g/mol. The predicted octanol–water partition coefficient (Wildman–Crippen LogP) is 1.55. The van der Waals surface area contributed by atoms with Crippen LogP contribution in [0.5, 0.6) is 0 Å². The van der Waals surface area contributed by atoms with Crippen molar-refractivity contribution in [2.45, 2.75) is 19.9 Å². The van der Waals surface area contributed by atoms with E-state index in [0.29, 0.717) is 6.54 Å². The Bertz CT molecular complexity index is 336. The van der Waals surface area contributed by atoms with Gasteiger partial charge in [0.15, 0.2) is 0 Å². The van der Waals surface area contributed by atoms with Crippen LogP contribution in [0, 0.1) is 10.1 Å². The van der Waals surface area contributed by atoms with Gasteiger partial charge in [-0.1, -0.05) is 6.92 Å². The lowest BCUT2D eigenvalue weighted by Gasteiger charge is -1.98. The zero-order valence-electron chi connectivity index (χ0n) is 7.03. The van der Waals surface area contributed by atoms with Gasteiger partial charge in [-0.05, 0) is 22.4 Å². The zero-order chi connectivity index (χ0) is 10.0. The van der Waals surface area contributed by atoms with Gasteiger partial charge in [-0.2, -0.15) is 5.10 Å². The summed E-state index contributed by atoms with van der Waals surface area (Å²) in [6.07, 6.45) is 0.829. The number of nitrogens with two attached hydrogens (primary N) is 1. The number of aromatic nitrogens is 2. The van der Waals surface area contributed by atoms with Crippen molar-refractivity contribution < 1.29 is 4.92 Å². The number of aryl methyl sites for hydroxylation is 1.